The average molecular weight is 342 g/mol. The van der Waals surface area contributed by atoms with Crippen molar-refractivity contribution in [1.82, 2.24) is 5.43 Å². The summed E-state index contributed by atoms with van der Waals surface area (Å²) in [5, 5.41) is 13.9. The molecular formula is C19H22N2O4. The highest BCUT2D eigenvalue weighted by molar-refractivity contribution is 5.85. The molecule has 0 aliphatic rings. The van der Waals surface area contributed by atoms with Crippen LogP contribution in [0, 0.1) is 0 Å². The monoisotopic (exact) mass is 342 g/mol. The van der Waals surface area contributed by atoms with Gasteiger partial charge in [-0.15, -0.1) is 0 Å². The Hall–Kier alpha value is -2.86. The van der Waals surface area contributed by atoms with Crippen molar-refractivity contribution in [2.24, 2.45) is 5.10 Å². The van der Waals surface area contributed by atoms with Crippen molar-refractivity contribution in [3.8, 4) is 11.5 Å². The van der Waals surface area contributed by atoms with Crippen LogP contribution in [0.4, 0.5) is 0 Å². The fourth-order valence-corrected chi connectivity index (χ4v) is 2.17. The number of hydrazone groups is 1. The van der Waals surface area contributed by atoms with Crippen molar-refractivity contribution in [2.45, 2.75) is 20.0 Å². The molecule has 132 valence electrons. The van der Waals surface area contributed by atoms with Crippen LogP contribution in [-0.4, -0.2) is 30.4 Å². The number of aliphatic hydroxyl groups is 1. The molecule has 2 aromatic rings. The summed E-state index contributed by atoms with van der Waals surface area (Å²) in [7, 11) is 0. The number of nitrogens with one attached hydrogen (secondary N) is 1. The Morgan fingerprint density at radius 2 is 1.80 bits per heavy atom. The molecule has 2 N–H and O–H groups in total. The van der Waals surface area contributed by atoms with Gasteiger partial charge in [-0.05, 0) is 43.2 Å². The summed E-state index contributed by atoms with van der Waals surface area (Å²) >= 11 is 0. The quantitative estimate of drug-likeness (QED) is 0.571. The lowest BCUT2D eigenvalue weighted by Crippen LogP contribution is -2.25. The number of carbonyl (C=O) groups excluding carboxylic acids is 1. The second-order valence-electron chi connectivity index (χ2n) is 5.12. The number of rotatable bonds is 8. The Balaban J connectivity index is 2.01. The molecule has 0 saturated heterocycles. The summed E-state index contributed by atoms with van der Waals surface area (Å²) in [4.78, 5) is 11.9. The summed E-state index contributed by atoms with van der Waals surface area (Å²) in [6, 6.07) is 14.0. The van der Waals surface area contributed by atoms with Crippen molar-refractivity contribution < 1.29 is 19.4 Å². The van der Waals surface area contributed by atoms with Crippen molar-refractivity contribution in [1.29, 1.82) is 0 Å². The number of carbonyl (C=O) groups is 1. The predicted octanol–water partition coefficient (Wildman–Crippen LogP) is 2.67. The minimum Gasteiger partial charge on any atom is -0.490 e. The maximum absolute atomic E-state index is 11.9. The van der Waals surface area contributed by atoms with Gasteiger partial charge in [-0.1, -0.05) is 30.3 Å². The molecule has 0 aliphatic carbocycles. The van der Waals surface area contributed by atoms with Crippen LogP contribution in [0.15, 0.2) is 53.6 Å². The third kappa shape index (κ3) is 5.32. The largest absolute Gasteiger partial charge is 0.490 e. The van der Waals surface area contributed by atoms with Crippen LogP contribution in [0.25, 0.3) is 0 Å². The third-order valence-corrected chi connectivity index (χ3v) is 3.32. The van der Waals surface area contributed by atoms with E-state index in [2.05, 4.69) is 10.5 Å². The lowest BCUT2D eigenvalue weighted by atomic mass is 10.1. The van der Waals surface area contributed by atoms with E-state index in [1.54, 1.807) is 42.5 Å². The topological polar surface area (TPSA) is 80.2 Å². The summed E-state index contributed by atoms with van der Waals surface area (Å²) in [5.74, 6) is 0.674. The molecule has 0 bridgehead atoms. The standard InChI is InChI=1S/C19H22N2O4/c1-3-24-16-11-10-14(12-17(16)25-4-2)13-20-21-19(23)18(22)15-8-6-5-7-9-15/h5-13,18,22H,3-4H2,1-2H3,(H,21,23)/b20-13-/t18-/m1/s1. The Morgan fingerprint density at radius 1 is 1.12 bits per heavy atom. The van der Waals surface area contributed by atoms with Gasteiger partial charge in [-0.2, -0.15) is 5.10 Å². The van der Waals surface area contributed by atoms with Gasteiger partial charge in [0.25, 0.3) is 5.91 Å². The van der Waals surface area contributed by atoms with Gasteiger partial charge in [0.1, 0.15) is 0 Å². The molecule has 0 heterocycles. The fraction of sp³-hybridized carbons (Fsp3) is 0.263. The zero-order valence-electron chi connectivity index (χ0n) is 14.3. The van der Waals surface area contributed by atoms with Gasteiger partial charge in [-0.25, -0.2) is 5.43 Å². The second-order valence-corrected chi connectivity index (χ2v) is 5.12. The maximum Gasteiger partial charge on any atom is 0.273 e. The Labute approximate surface area is 147 Å². The minimum absolute atomic E-state index is 0.509. The molecule has 0 saturated carbocycles. The molecule has 0 fully saturated rings. The predicted molar refractivity (Wildman–Crippen MR) is 95.9 cm³/mol. The molecule has 1 atom stereocenters. The van der Waals surface area contributed by atoms with Crippen molar-refractivity contribution in [3.05, 3.63) is 59.7 Å². The van der Waals surface area contributed by atoms with Crippen LogP contribution in [0.2, 0.25) is 0 Å². The molecule has 0 aromatic heterocycles. The molecule has 2 rings (SSSR count). The lowest BCUT2D eigenvalue weighted by molar-refractivity contribution is -0.129. The van der Waals surface area contributed by atoms with Gasteiger partial charge in [-0.3, -0.25) is 4.79 Å². The highest BCUT2D eigenvalue weighted by Gasteiger charge is 2.16. The summed E-state index contributed by atoms with van der Waals surface area (Å²) < 4.78 is 11.0. The molecular weight excluding hydrogens is 320 g/mol. The van der Waals surface area contributed by atoms with Gasteiger partial charge >= 0.3 is 0 Å². The first-order valence-corrected chi connectivity index (χ1v) is 8.11. The van der Waals surface area contributed by atoms with Gasteiger partial charge < -0.3 is 14.6 Å². The summed E-state index contributed by atoms with van der Waals surface area (Å²) in [6.07, 6.45) is 0.214. The smallest absolute Gasteiger partial charge is 0.273 e. The molecule has 6 nitrogen and oxygen atoms in total. The fourth-order valence-electron chi connectivity index (χ4n) is 2.17. The van der Waals surface area contributed by atoms with Crippen LogP contribution in [0.3, 0.4) is 0 Å². The highest BCUT2D eigenvalue weighted by atomic mass is 16.5. The van der Waals surface area contributed by atoms with E-state index in [0.29, 0.717) is 30.3 Å². The second kappa shape index (κ2) is 9.44. The van der Waals surface area contributed by atoms with E-state index >= 15 is 0 Å². The molecule has 0 aliphatic heterocycles. The molecule has 25 heavy (non-hydrogen) atoms. The van der Waals surface area contributed by atoms with Crippen molar-refractivity contribution >= 4 is 12.1 Å². The third-order valence-electron chi connectivity index (χ3n) is 3.32. The number of benzene rings is 2. The Bertz CT molecular complexity index is 717. The SMILES string of the molecule is CCOc1ccc(/C=N\NC(=O)[C@H](O)c2ccccc2)cc1OCC. The molecule has 2 aromatic carbocycles. The van der Waals surface area contributed by atoms with E-state index in [-0.39, 0.29) is 0 Å². The summed E-state index contributed by atoms with van der Waals surface area (Å²) in [5.41, 5.74) is 3.58. The molecule has 0 spiro atoms. The number of hydrogen-bond donors (Lipinski definition) is 2. The average Bonchev–Trinajstić information content (AvgIpc) is 2.64. The van der Waals surface area contributed by atoms with Crippen LogP contribution in [-0.2, 0) is 4.79 Å². The van der Waals surface area contributed by atoms with Gasteiger partial charge in [0, 0.05) is 0 Å². The first kappa shape index (κ1) is 18.5. The van der Waals surface area contributed by atoms with Crippen LogP contribution in [0.5, 0.6) is 11.5 Å². The zero-order chi connectivity index (χ0) is 18.1. The number of nitrogens with zero attached hydrogens (tertiary/aromatic N) is 1. The van der Waals surface area contributed by atoms with Crippen LogP contribution >= 0.6 is 0 Å². The van der Waals surface area contributed by atoms with Crippen molar-refractivity contribution in [3.63, 3.8) is 0 Å². The van der Waals surface area contributed by atoms with E-state index in [9.17, 15) is 9.90 Å². The number of aliphatic hydroxyl groups excluding tert-OH is 1. The van der Waals surface area contributed by atoms with E-state index in [0.717, 1.165) is 5.56 Å². The first-order chi connectivity index (χ1) is 12.2. The number of ether oxygens (including phenoxy) is 2. The zero-order valence-corrected chi connectivity index (χ0v) is 14.3. The normalized spacial score (nSPS) is 12.0. The Kier molecular flexibility index (Phi) is 6.98. The molecule has 6 heteroatoms. The van der Waals surface area contributed by atoms with E-state index in [4.69, 9.17) is 9.47 Å². The molecule has 0 unspecified atom stereocenters. The van der Waals surface area contributed by atoms with E-state index < -0.39 is 12.0 Å². The minimum atomic E-state index is -1.27. The van der Waals surface area contributed by atoms with Crippen LogP contribution in [0.1, 0.15) is 31.1 Å². The van der Waals surface area contributed by atoms with Gasteiger partial charge in [0.05, 0.1) is 19.4 Å². The van der Waals surface area contributed by atoms with Gasteiger partial charge in [0.15, 0.2) is 17.6 Å². The van der Waals surface area contributed by atoms with E-state index in [1.807, 2.05) is 19.9 Å². The van der Waals surface area contributed by atoms with Crippen LogP contribution < -0.4 is 14.9 Å². The molecule has 1 amide bonds. The molecule has 0 radical (unpaired) electrons. The highest BCUT2D eigenvalue weighted by Crippen LogP contribution is 2.27. The number of hydrogen-bond acceptors (Lipinski definition) is 5. The first-order valence-electron chi connectivity index (χ1n) is 8.11. The lowest BCUT2D eigenvalue weighted by Gasteiger charge is -2.11. The number of amides is 1. The van der Waals surface area contributed by atoms with Crippen molar-refractivity contribution in [2.75, 3.05) is 13.2 Å². The summed E-state index contributed by atoms with van der Waals surface area (Å²) in [6.45, 7) is 4.85. The van der Waals surface area contributed by atoms with E-state index in [1.165, 1.54) is 6.21 Å². The maximum atomic E-state index is 11.9. The Morgan fingerprint density at radius 3 is 2.48 bits per heavy atom. The van der Waals surface area contributed by atoms with Gasteiger partial charge in [0.2, 0.25) is 0 Å².